The number of hydrogen-bond donors (Lipinski definition) is 2. The standard InChI is InChI=1S/C17H15F3N8S/c18-17(19,20)16-26-13(15(29-16)27-5-3-21-4-6-27)14-24-11-2-1-10(7-12(11)25-14)28-9-22-8-23-28/h1-2,7-9,21H,3-6H2,(H,24,25). The van der Waals surface area contributed by atoms with E-state index in [-0.39, 0.29) is 5.69 Å². The van der Waals surface area contributed by atoms with Crippen LogP contribution in [0.5, 0.6) is 0 Å². The molecular weight excluding hydrogens is 405 g/mol. The van der Waals surface area contributed by atoms with Gasteiger partial charge in [0.1, 0.15) is 23.3 Å². The summed E-state index contributed by atoms with van der Waals surface area (Å²) in [5, 5.41) is 6.90. The van der Waals surface area contributed by atoms with Crippen LogP contribution >= 0.6 is 11.3 Å². The molecule has 4 aromatic rings. The van der Waals surface area contributed by atoms with Gasteiger partial charge in [-0.05, 0) is 18.2 Å². The Labute approximate surface area is 166 Å². The molecule has 12 heteroatoms. The van der Waals surface area contributed by atoms with Gasteiger partial charge in [0, 0.05) is 26.2 Å². The lowest BCUT2D eigenvalue weighted by atomic mass is 10.3. The van der Waals surface area contributed by atoms with E-state index in [2.05, 4.69) is 30.4 Å². The van der Waals surface area contributed by atoms with E-state index in [9.17, 15) is 13.2 Å². The van der Waals surface area contributed by atoms with Gasteiger partial charge in [-0.2, -0.15) is 18.3 Å². The average molecular weight is 420 g/mol. The molecule has 1 aliphatic heterocycles. The summed E-state index contributed by atoms with van der Waals surface area (Å²) in [6.07, 6.45) is -1.51. The molecular formula is C17H15F3N8S. The van der Waals surface area contributed by atoms with Crippen LogP contribution < -0.4 is 10.2 Å². The Bertz CT molecular complexity index is 1140. The zero-order chi connectivity index (χ0) is 20.0. The fourth-order valence-electron chi connectivity index (χ4n) is 3.26. The molecule has 29 heavy (non-hydrogen) atoms. The number of hydrogen-bond acceptors (Lipinski definition) is 7. The van der Waals surface area contributed by atoms with Crippen molar-refractivity contribution >= 4 is 27.4 Å². The maximum atomic E-state index is 13.3. The second kappa shape index (κ2) is 6.81. The quantitative estimate of drug-likeness (QED) is 0.530. The maximum absolute atomic E-state index is 13.3. The highest BCUT2D eigenvalue weighted by Gasteiger charge is 2.37. The van der Waals surface area contributed by atoms with Crippen LogP contribution in [0.4, 0.5) is 18.2 Å². The van der Waals surface area contributed by atoms with Gasteiger partial charge in [0.15, 0.2) is 5.82 Å². The maximum Gasteiger partial charge on any atom is 0.443 e. The Balaban J connectivity index is 1.60. The molecule has 2 N–H and O–H groups in total. The lowest BCUT2D eigenvalue weighted by Gasteiger charge is -2.28. The van der Waals surface area contributed by atoms with E-state index in [1.54, 1.807) is 17.1 Å². The fraction of sp³-hybridized carbons (Fsp3) is 0.294. The molecule has 0 atom stereocenters. The first-order valence-electron chi connectivity index (χ1n) is 8.88. The Morgan fingerprint density at radius 3 is 2.66 bits per heavy atom. The highest BCUT2D eigenvalue weighted by Crippen LogP contribution is 2.42. The monoisotopic (exact) mass is 420 g/mol. The lowest BCUT2D eigenvalue weighted by Crippen LogP contribution is -2.43. The van der Waals surface area contributed by atoms with E-state index >= 15 is 0 Å². The van der Waals surface area contributed by atoms with Crippen molar-refractivity contribution in [3.63, 3.8) is 0 Å². The van der Waals surface area contributed by atoms with Crippen molar-refractivity contribution in [2.45, 2.75) is 6.18 Å². The summed E-state index contributed by atoms with van der Waals surface area (Å²) in [4.78, 5) is 17.4. The number of piperazine rings is 1. The summed E-state index contributed by atoms with van der Waals surface area (Å²) in [7, 11) is 0. The van der Waals surface area contributed by atoms with Crippen LogP contribution in [0.25, 0.3) is 28.2 Å². The number of imidazole rings is 1. The van der Waals surface area contributed by atoms with Crippen LogP contribution in [0, 0.1) is 0 Å². The summed E-state index contributed by atoms with van der Waals surface area (Å²) < 4.78 is 41.6. The molecule has 1 aromatic carbocycles. The number of aromatic amines is 1. The third kappa shape index (κ3) is 3.34. The molecule has 0 radical (unpaired) electrons. The molecule has 0 unspecified atom stereocenters. The Kier molecular flexibility index (Phi) is 4.24. The minimum Gasteiger partial charge on any atom is -0.359 e. The molecule has 4 heterocycles. The highest BCUT2D eigenvalue weighted by atomic mass is 32.1. The van der Waals surface area contributed by atoms with Gasteiger partial charge in [0.05, 0.1) is 16.7 Å². The number of fused-ring (bicyclic) bond motifs is 1. The number of nitrogens with zero attached hydrogens (tertiary/aromatic N) is 6. The van der Waals surface area contributed by atoms with Crippen molar-refractivity contribution < 1.29 is 13.2 Å². The number of thiazole rings is 1. The summed E-state index contributed by atoms with van der Waals surface area (Å²) in [6, 6.07) is 5.43. The summed E-state index contributed by atoms with van der Waals surface area (Å²) in [5.41, 5.74) is 2.31. The first-order chi connectivity index (χ1) is 14.0. The second-order valence-electron chi connectivity index (χ2n) is 6.53. The number of aromatic nitrogens is 6. The minimum absolute atomic E-state index is 0.225. The molecule has 5 rings (SSSR count). The second-order valence-corrected chi connectivity index (χ2v) is 7.51. The lowest BCUT2D eigenvalue weighted by molar-refractivity contribution is -0.137. The van der Waals surface area contributed by atoms with Gasteiger partial charge in [0.2, 0.25) is 5.01 Å². The number of anilines is 1. The predicted octanol–water partition coefficient (Wildman–Crippen LogP) is 2.70. The zero-order valence-corrected chi connectivity index (χ0v) is 15.8. The van der Waals surface area contributed by atoms with Gasteiger partial charge < -0.3 is 15.2 Å². The third-order valence-corrected chi connectivity index (χ3v) is 5.79. The molecule has 8 nitrogen and oxygen atoms in total. The van der Waals surface area contributed by atoms with Crippen molar-refractivity contribution in [3.8, 4) is 17.2 Å². The van der Waals surface area contributed by atoms with Crippen LogP contribution in [0.2, 0.25) is 0 Å². The fourth-order valence-corrected chi connectivity index (χ4v) is 4.25. The number of rotatable bonds is 3. The van der Waals surface area contributed by atoms with Gasteiger partial charge in [0.25, 0.3) is 0 Å². The van der Waals surface area contributed by atoms with E-state index in [4.69, 9.17) is 0 Å². The third-order valence-electron chi connectivity index (χ3n) is 4.63. The normalized spacial score (nSPS) is 15.3. The van der Waals surface area contributed by atoms with E-state index < -0.39 is 11.2 Å². The largest absolute Gasteiger partial charge is 0.443 e. The smallest absolute Gasteiger partial charge is 0.359 e. The SMILES string of the molecule is FC(F)(F)c1nc(-c2nc3ccc(-n4cncn4)cc3[nH]2)c(N2CCNCC2)s1. The van der Waals surface area contributed by atoms with Gasteiger partial charge in [-0.25, -0.2) is 19.6 Å². The van der Waals surface area contributed by atoms with E-state index in [1.165, 1.54) is 6.33 Å². The Morgan fingerprint density at radius 2 is 1.93 bits per heavy atom. The number of H-pyrrole nitrogens is 1. The highest BCUT2D eigenvalue weighted by molar-refractivity contribution is 7.16. The van der Waals surface area contributed by atoms with Gasteiger partial charge in [-0.15, -0.1) is 0 Å². The van der Waals surface area contributed by atoms with Crippen LogP contribution in [0.1, 0.15) is 5.01 Å². The van der Waals surface area contributed by atoms with Crippen LogP contribution in [0.15, 0.2) is 30.9 Å². The molecule has 1 fully saturated rings. The molecule has 150 valence electrons. The van der Waals surface area contributed by atoms with Gasteiger partial charge in [-0.3, -0.25) is 0 Å². The number of nitrogens with one attached hydrogen (secondary N) is 2. The first kappa shape index (κ1) is 18.1. The topological polar surface area (TPSA) is 87.5 Å². The van der Waals surface area contributed by atoms with Gasteiger partial charge in [-0.1, -0.05) is 11.3 Å². The molecule has 1 saturated heterocycles. The van der Waals surface area contributed by atoms with E-state index in [0.29, 0.717) is 59.4 Å². The Hall–Kier alpha value is -2.99. The van der Waals surface area contributed by atoms with Crippen molar-refractivity contribution in [2.24, 2.45) is 0 Å². The molecule has 0 saturated carbocycles. The first-order valence-corrected chi connectivity index (χ1v) is 9.69. The number of benzene rings is 1. The molecule has 0 aliphatic carbocycles. The van der Waals surface area contributed by atoms with E-state index in [1.807, 2.05) is 17.0 Å². The summed E-state index contributed by atoms with van der Waals surface area (Å²) >= 11 is 0.659. The zero-order valence-electron chi connectivity index (χ0n) is 14.9. The average Bonchev–Trinajstić information content (AvgIpc) is 3.45. The molecule has 0 amide bonds. The van der Waals surface area contributed by atoms with Crippen molar-refractivity contribution in [1.82, 2.24) is 35.0 Å². The van der Waals surface area contributed by atoms with Crippen molar-refractivity contribution in [1.29, 1.82) is 0 Å². The summed E-state index contributed by atoms with van der Waals surface area (Å²) in [6.45, 7) is 2.65. The van der Waals surface area contributed by atoms with Gasteiger partial charge >= 0.3 is 6.18 Å². The minimum atomic E-state index is -4.50. The number of alkyl halides is 3. The molecule has 0 spiro atoms. The summed E-state index contributed by atoms with van der Waals surface area (Å²) in [5.74, 6) is 0.316. The van der Waals surface area contributed by atoms with Crippen molar-refractivity contribution in [3.05, 3.63) is 35.9 Å². The Morgan fingerprint density at radius 1 is 1.10 bits per heavy atom. The molecule has 1 aliphatic rings. The van der Waals surface area contributed by atoms with Crippen LogP contribution in [-0.2, 0) is 6.18 Å². The van der Waals surface area contributed by atoms with E-state index in [0.717, 1.165) is 5.69 Å². The van der Waals surface area contributed by atoms with Crippen LogP contribution in [0.3, 0.4) is 0 Å². The molecule has 3 aromatic heterocycles. The number of halogens is 3. The predicted molar refractivity (Wildman–Crippen MR) is 102 cm³/mol. The van der Waals surface area contributed by atoms with Crippen LogP contribution in [-0.4, -0.2) is 55.9 Å². The molecule has 0 bridgehead atoms. The van der Waals surface area contributed by atoms with Crippen molar-refractivity contribution in [2.75, 3.05) is 31.1 Å².